The highest BCUT2D eigenvalue weighted by Gasteiger charge is 2.08. The van der Waals surface area contributed by atoms with E-state index in [-0.39, 0.29) is 11.5 Å². The number of nitrogen functional groups attached to an aromatic ring is 1. The van der Waals surface area contributed by atoms with Gasteiger partial charge in [-0.2, -0.15) is 0 Å². The Kier molecular flexibility index (Phi) is 3.16. The van der Waals surface area contributed by atoms with Crippen molar-refractivity contribution in [3.63, 3.8) is 0 Å². The molecule has 0 saturated heterocycles. The lowest BCUT2D eigenvalue weighted by Gasteiger charge is -1.98. The number of hydrogen-bond donors (Lipinski definition) is 2. The van der Waals surface area contributed by atoms with Crippen molar-refractivity contribution in [1.29, 1.82) is 0 Å². The molecule has 1 atom stereocenters. The average Bonchev–Trinajstić information content (AvgIpc) is 2.03. The number of ketones is 1. The number of carbonyl (C=O) groups excluding carboxylic acids is 1. The Morgan fingerprint density at radius 2 is 2.23 bits per heavy atom. The Hall–Kier alpha value is -1.20. The van der Waals surface area contributed by atoms with E-state index in [4.69, 9.17) is 10.3 Å². The van der Waals surface area contributed by atoms with Gasteiger partial charge in [0.1, 0.15) is 5.75 Å². The smallest absolute Gasteiger partial charge is 0.177 e. The molecule has 0 saturated carbocycles. The summed E-state index contributed by atoms with van der Waals surface area (Å²) in [5, 5.41) is 0. The molecule has 0 heterocycles. The van der Waals surface area contributed by atoms with Crippen LogP contribution in [-0.2, 0) is 11.1 Å². The van der Waals surface area contributed by atoms with E-state index in [1.165, 1.54) is 6.07 Å². The summed E-state index contributed by atoms with van der Waals surface area (Å²) in [5.41, 5.74) is 6.27. The van der Waals surface area contributed by atoms with Crippen LogP contribution < -0.4 is 5.73 Å². The molecule has 70 valence electrons. The van der Waals surface area contributed by atoms with Crippen molar-refractivity contribution in [2.45, 2.75) is 0 Å². The monoisotopic (exact) mass is 199 g/mol. The maximum Gasteiger partial charge on any atom is 0.177 e. The fourth-order valence-electron chi connectivity index (χ4n) is 0.908. The van der Waals surface area contributed by atoms with Crippen LogP contribution in [0.15, 0.2) is 24.3 Å². The molecule has 1 aromatic carbocycles. The lowest BCUT2D eigenvalue weighted by atomic mass is 10.1. The molecule has 0 aliphatic heterocycles. The molecule has 3 N–H and O–H groups in total. The number of anilines is 1. The largest absolute Gasteiger partial charge is 0.399 e. The van der Waals surface area contributed by atoms with E-state index in [1.807, 2.05) is 0 Å². The highest BCUT2D eigenvalue weighted by molar-refractivity contribution is 7.80. The average molecular weight is 199 g/mol. The van der Waals surface area contributed by atoms with Gasteiger partial charge in [-0.15, -0.1) is 0 Å². The summed E-state index contributed by atoms with van der Waals surface area (Å²) in [6, 6.07) is 6.32. The molecule has 0 bridgehead atoms. The van der Waals surface area contributed by atoms with Gasteiger partial charge in [0.25, 0.3) is 0 Å². The molecular weight excluding hydrogens is 190 g/mol. The van der Waals surface area contributed by atoms with Crippen LogP contribution >= 0.6 is 0 Å². The zero-order valence-electron chi connectivity index (χ0n) is 6.77. The Labute approximate surface area is 78.0 Å². The van der Waals surface area contributed by atoms with E-state index in [2.05, 4.69) is 0 Å². The summed E-state index contributed by atoms with van der Waals surface area (Å²) in [7, 11) is 0. The van der Waals surface area contributed by atoms with Gasteiger partial charge in [0.2, 0.25) is 0 Å². The van der Waals surface area contributed by atoms with Gasteiger partial charge in [0, 0.05) is 11.3 Å². The minimum atomic E-state index is -2.09. The first-order chi connectivity index (χ1) is 6.09. The summed E-state index contributed by atoms with van der Waals surface area (Å²) in [6.45, 7) is 0. The number of hydrogen-bond acceptors (Lipinski definition) is 3. The van der Waals surface area contributed by atoms with Gasteiger partial charge in [0.05, 0.1) is 0 Å². The lowest BCUT2D eigenvalue weighted by molar-refractivity contribution is 0.102. The molecule has 1 unspecified atom stereocenters. The van der Waals surface area contributed by atoms with Crippen LogP contribution in [0.25, 0.3) is 0 Å². The summed E-state index contributed by atoms with van der Waals surface area (Å²) in [6.07, 6.45) is 0. The van der Waals surface area contributed by atoms with E-state index >= 15 is 0 Å². The third-order valence-corrected chi connectivity index (χ3v) is 1.97. The predicted octanol–water partition coefficient (Wildman–Crippen LogP) is 0.673. The SMILES string of the molecule is Nc1cccc(C(=O)CS(=O)O)c1. The van der Waals surface area contributed by atoms with Crippen LogP contribution in [0.3, 0.4) is 0 Å². The van der Waals surface area contributed by atoms with Gasteiger partial charge < -0.3 is 10.3 Å². The van der Waals surface area contributed by atoms with Crippen molar-refractivity contribution in [2.24, 2.45) is 0 Å². The lowest BCUT2D eigenvalue weighted by Crippen LogP contribution is -2.10. The van der Waals surface area contributed by atoms with Crippen molar-refractivity contribution in [2.75, 3.05) is 11.5 Å². The van der Waals surface area contributed by atoms with Gasteiger partial charge in [-0.05, 0) is 12.1 Å². The summed E-state index contributed by atoms with van der Waals surface area (Å²) >= 11 is -2.09. The van der Waals surface area contributed by atoms with E-state index in [9.17, 15) is 9.00 Å². The van der Waals surface area contributed by atoms with Crippen molar-refractivity contribution >= 4 is 22.6 Å². The zero-order chi connectivity index (χ0) is 9.84. The fraction of sp³-hybridized carbons (Fsp3) is 0.125. The van der Waals surface area contributed by atoms with Crippen LogP contribution in [0.1, 0.15) is 10.4 Å². The molecule has 4 nitrogen and oxygen atoms in total. The Balaban J connectivity index is 2.83. The third kappa shape index (κ3) is 2.96. The Bertz CT molecular complexity index is 351. The second-order valence-electron chi connectivity index (χ2n) is 2.51. The van der Waals surface area contributed by atoms with Crippen LogP contribution in [0.5, 0.6) is 0 Å². The summed E-state index contributed by atoms with van der Waals surface area (Å²) in [5.74, 6) is -0.767. The topological polar surface area (TPSA) is 80.4 Å². The third-order valence-electron chi connectivity index (χ3n) is 1.46. The summed E-state index contributed by atoms with van der Waals surface area (Å²) in [4.78, 5) is 11.2. The maximum absolute atomic E-state index is 11.2. The van der Waals surface area contributed by atoms with Crippen LogP contribution in [-0.4, -0.2) is 20.3 Å². The summed E-state index contributed by atoms with van der Waals surface area (Å²) < 4.78 is 18.8. The quantitative estimate of drug-likeness (QED) is 0.426. The minimum Gasteiger partial charge on any atom is -0.399 e. The van der Waals surface area contributed by atoms with E-state index in [0.29, 0.717) is 11.3 Å². The number of benzene rings is 1. The number of carbonyl (C=O) groups is 1. The molecule has 0 aliphatic rings. The van der Waals surface area contributed by atoms with E-state index in [0.717, 1.165) is 0 Å². The van der Waals surface area contributed by atoms with Gasteiger partial charge in [-0.25, -0.2) is 4.21 Å². The van der Waals surface area contributed by atoms with Crippen molar-refractivity contribution in [3.8, 4) is 0 Å². The van der Waals surface area contributed by atoms with Gasteiger partial charge in [0.15, 0.2) is 16.9 Å². The molecule has 1 rings (SSSR count). The van der Waals surface area contributed by atoms with Crippen LogP contribution in [0.4, 0.5) is 5.69 Å². The standard InChI is InChI=1S/C8H9NO3S/c9-7-3-1-2-6(4-7)8(10)5-13(11)12/h1-4H,5,9H2,(H,11,12). The van der Waals surface area contributed by atoms with Crippen LogP contribution in [0.2, 0.25) is 0 Å². The molecular formula is C8H9NO3S. The van der Waals surface area contributed by atoms with Gasteiger partial charge in [-0.3, -0.25) is 4.79 Å². The zero-order valence-corrected chi connectivity index (χ0v) is 7.58. The number of nitrogens with two attached hydrogens (primary N) is 1. The Morgan fingerprint density at radius 1 is 1.54 bits per heavy atom. The van der Waals surface area contributed by atoms with E-state index in [1.54, 1.807) is 18.2 Å². The predicted molar refractivity (Wildman–Crippen MR) is 50.8 cm³/mol. The molecule has 1 aromatic rings. The molecule has 13 heavy (non-hydrogen) atoms. The van der Waals surface area contributed by atoms with Gasteiger partial charge >= 0.3 is 0 Å². The Morgan fingerprint density at radius 3 is 2.77 bits per heavy atom. The second-order valence-corrected chi connectivity index (χ2v) is 3.45. The molecule has 5 heteroatoms. The molecule has 0 fully saturated rings. The molecule has 0 spiro atoms. The minimum absolute atomic E-state index is 0.363. The molecule has 0 aliphatic carbocycles. The molecule has 0 amide bonds. The maximum atomic E-state index is 11.2. The second kappa shape index (κ2) is 4.15. The van der Waals surface area contributed by atoms with Crippen LogP contribution in [0, 0.1) is 0 Å². The highest BCUT2D eigenvalue weighted by Crippen LogP contribution is 2.07. The number of Topliss-reactive ketones (excluding diaryl/α,β-unsaturated/α-hetero) is 1. The van der Waals surface area contributed by atoms with Crippen molar-refractivity contribution in [1.82, 2.24) is 0 Å². The first-order valence-corrected chi connectivity index (χ1v) is 4.83. The van der Waals surface area contributed by atoms with Gasteiger partial charge in [-0.1, -0.05) is 12.1 Å². The molecule has 0 aromatic heterocycles. The fourth-order valence-corrected chi connectivity index (χ4v) is 1.30. The number of rotatable bonds is 3. The van der Waals surface area contributed by atoms with Crippen molar-refractivity contribution in [3.05, 3.63) is 29.8 Å². The normalized spacial score (nSPS) is 12.4. The van der Waals surface area contributed by atoms with E-state index < -0.39 is 11.1 Å². The first kappa shape index (κ1) is 9.88. The molecule has 0 radical (unpaired) electrons. The first-order valence-electron chi connectivity index (χ1n) is 3.56. The van der Waals surface area contributed by atoms with Crippen molar-refractivity contribution < 1.29 is 13.6 Å². The highest BCUT2D eigenvalue weighted by atomic mass is 32.2.